The zero-order valence-electron chi connectivity index (χ0n) is 32.9. The Labute approximate surface area is 363 Å². The average Bonchev–Trinajstić information content (AvgIpc) is 3.30. The summed E-state index contributed by atoms with van der Waals surface area (Å²) in [4.78, 5) is 12.6. The van der Waals surface area contributed by atoms with Crippen LogP contribution in [-0.2, 0) is 10.9 Å². The highest BCUT2D eigenvalue weighted by Crippen LogP contribution is 2.37. The molecular weight excluding hydrogens is 967 g/mol. The molecule has 348 valence electrons. The molecule has 0 aromatic heterocycles. The highest BCUT2D eigenvalue weighted by Gasteiger charge is 2.52. The van der Waals surface area contributed by atoms with E-state index in [0.29, 0.717) is 5.75 Å². The van der Waals surface area contributed by atoms with Crippen molar-refractivity contribution < 1.29 is 92.6 Å². The molecule has 0 saturated carbocycles. The van der Waals surface area contributed by atoms with Crippen LogP contribution in [0.15, 0.2) is 54.6 Å². The van der Waals surface area contributed by atoms with Crippen molar-refractivity contribution in [2.45, 2.75) is 0 Å². The van der Waals surface area contributed by atoms with E-state index in [1.54, 1.807) is 0 Å². The molecule has 0 atom stereocenters. The van der Waals surface area contributed by atoms with Crippen LogP contribution in [0.5, 0.6) is 0 Å². The van der Waals surface area contributed by atoms with Gasteiger partial charge in [-0.15, -0.1) is 21.9 Å². The van der Waals surface area contributed by atoms with E-state index in [4.69, 9.17) is 0 Å². The Bertz CT molecular complexity index is 3000. The maximum atomic E-state index is 15.4. The zero-order valence-corrected chi connectivity index (χ0v) is 33.7. The summed E-state index contributed by atoms with van der Waals surface area (Å²) in [6.45, 7) is 0. The lowest BCUT2D eigenvalue weighted by Crippen LogP contribution is -2.81. The number of hydrogen-bond acceptors (Lipinski definition) is 1. The van der Waals surface area contributed by atoms with E-state index in [9.17, 15) is 57.5 Å². The van der Waals surface area contributed by atoms with Gasteiger partial charge in [-0.05, 0) is 49.3 Å². The van der Waals surface area contributed by atoms with Crippen molar-refractivity contribution in [2.75, 3.05) is 18.3 Å². The second-order valence-electron chi connectivity index (χ2n) is 14.8. The fourth-order valence-corrected chi connectivity index (χ4v) is 8.87. The molecule has 0 aliphatic rings. The molecule has 0 aliphatic heterocycles. The highest BCUT2D eigenvalue weighted by molar-refractivity contribution is 7.96. The van der Waals surface area contributed by atoms with Crippen molar-refractivity contribution >= 4 is 77.0 Å². The molecule has 0 saturated heterocycles. The number of hydrogen-bond donors (Lipinski definition) is 0. The third kappa shape index (κ3) is 7.09. The van der Waals surface area contributed by atoms with Gasteiger partial charge >= 0.3 is 0 Å². The van der Waals surface area contributed by atoms with Crippen LogP contribution in [0.1, 0.15) is 10.4 Å². The predicted molar refractivity (Wildman–Crippen MR) is 208 cm³/mol. The summed E-state index contributed by atoms with van der Waals surface area (Å²) in [5.41, 5.74) is -13.5. The molecular formula is C44H17BF20OS. The quantitative estimate of drug-likeness (QED) is 0.0296. The van der Waals surface area contributed by atoms with Gasteiger partial charge in [0.25, 0.3) is 0 Å². The number of ketones is 1. The van der Waals surface area contributed by atoms with Crippen LogP contribution in [0.4, 0.5) is 87.8 Å². The van der Waals surface area contributed by atoms with Gasteiger partial charge in [0.05, 0.1) is 12.5 Å². The van der Waals surface area contributed by atoms with Gasteiger partial charge in [0.15, 0.2) is 75.6 Å². The fourth-order valence-electron chi connectivity index (χ4n) is 8.19. The van der Waals surface area contributed by atoms with Crippen molar-refractivity contribution in [3.8, 4) is 0 Å². The minimum Gasteiger partial charge on any atom is -0.289 e. The number of Topliss-reactive ketones (excluding diaryl/α,β-unsaturated/α-hetero) is 1. The first kappa shape index (κ1) is 48.4. The summed E-state index contributed by atoms with van der Waals surface area (Å²) >= 11 is 0. The van der Waals surface area contributed by atoms with E-state index in [0.717, 1.165) is 10.9 Å². The van der Waals surface area contributed by atoms with Crippen LogP contribution in [0.3, 0.4) is 0 Å². The largest absolute Gasteiger partial charge is 0.289 e. The molecule has 8 aromatic rings. The summed E-state index contributed by atoms with van der Waals surface area (Å²) in [6, 6.07) is 19.0. The van der Waals surface area contributed by atoms with Gasteiger partial charge in [0.2, 0.25) is 5.78 Å². The van der Waals surface area contributed by atoms with E-state index in [2.05, 4.69) is 61.0 Å². The third-order valence-electron chi connectivity index (χ3n) is 11.0. The number of carbonyl (C=O) groups is 1. The first-order valence-electron chi connectivity index (χ1n) is 18.3. The summed E-state index contributed by atoms with van der Waals surface area (Å²) in [6.07, 6.45) is -2.98. The average molecular weight is 984 g/mol. The van der Waals surface area contributed by atoms with Gasteiger partial charge in [-0.1, -0.05) is 48.5 Å². The SMILES string of the molecule is C[S+](C)CC(=O)c1ccc2ccc3cccc4ccc1c2c34.Fc1c(F)c(F)c([B-](c2c(F)c(F)c(F)c(F)c2F)(c2c(F)c(F)c(F)c(F)c2F)c2c(F)c(F)c(F)c(F)c2F)c(F)c1F. The van der Waals surface area contributed by atoms with Crippen LogP contribution < -0.4 is 21.9 Å². The Morgan fingerprint density at radius 2 is 0.612 bits per heavy atom. The Balaban J connectivity index is 0.000000250. The minimum atomic E-state index is -7.22. The summed E-state index contributed by atoms with van der Waals surface area (Å²) < 4.78 is 294. The van der Waals surface area contributed by atoms with Crippen molar-refractivity contribution in [1.29, 1.82) is 0 Å². The molecule has 1 nitrogen and oxygen atoms in total. The molecule has 0 spiro atoms. The molecule has 0 radical (unpaired) electrons. The van der Waals surface area contributed by atoms with Crippen LogP contribution in [0.2, 0.25) is 0 Å². The topological polar surface area (TPSA) is 17.1 Å². The van der Waals surface area contributed by atoms with E-state index in [1.165, 1.54) is 26.9 Å². The van der Waals surface area contributed by atoms with E-state index < -0.39 is 144 Å². The number of benzene rings is 8. The summed E-state index contributed by atoms with van der Waals surface area (Å²) in [7, 11) is 0.125. The first-order valence-corrected chi connectivity index (χ1v) is 20.5. The molecule has 0 heterocycles. The molecule has 8 aromatic carbocycles. The molecule has 0 unspecified atom stereocenters. The van der Waals surface area contributed by atoms with Crippen LogP contribution in [0.25, 0.3) is 32.3 Å². The van der Waals surface area contributed by atoms with Crippen LogP contribution in [-0.4, -0.2) is 30.2 Å². The van der Waals surface area contributed by atoms with Crippen molar-refractivity contribution in [2.24, 2.45) is 0 Å². The molecule has 0 aliphatic carbocycles. The lowest BCUT2D eigenvalue weighted by molar-refractivity contribution is 0.102. The van der Waals surface area contributed by atoms with E-state index >= 15 is 35.1 Å². The predicted octanol–water partition coefficient (Wildman–Crippen LogP) is 10.5. The van der Waals surface area contributed by atoms with Crippen LogP contribution >= 0.6 is 0 Å². The smallest absolute Gasteiger partial charge is 0.212 e. The lowest BCUT2D eigenvalue weighted by atomic mass is 9.12. The molecule has 0 fully saturated rings. The van der Waals surface area contributed by atoms with Gasteiger partial charge in [-0.2, -0.15) is 0 Å². The lowest BCUT2D eigenvalue weighted by Gasteiger charge is -2.44. The van der Waals surface area contributed by atoms with Gasteiger partial charge < -0.3 is 0 Å². The maximum Gasteiger partial charge on any atom is 0.212 e. The minimum absolute atomic E-state index is 0.125. The van der Waals surface area contributed by atoms with Gasteiger partial charge in [0, 0.05) is 5.56 Å². The molecule has 67 heavy (non-hydrogen) atoms. The Morgan fingerprint density at radius 1 is 0.358 bits per heavy atom. The summed E-state index contributed by atoms with van der Waals surface area (Å²) in [5, 5.41) is 7.30. The Hall–Kier alpha value is -6.52. The Morgan fingerprint density at radius 3 is 0.910 bits per heavy atom. The standard InChI is InChI=1S/C24BF20.C20H17OS/c26-5-1(6(27)14(35)21(42)13(5)34)25(2-7(28)15(36)22(43)16(37)8(2)29,3-9(30)17(38)23(44)18(39)10(3)31)4-11(32)19(40)24(45)20(41)12(4)33;1-22(2)12-18(21)16-10-8-15-7-6-13-4-3-5-14-9-11-17(16)20(15)19(13)14/h;3-11H,12H2,1-2H3/q-1;+1. The Kier molecular flexibility index (Phi) is 12.5. The molecule has 0 N–H and O–H groups in total. The number of halogens is 20. The second-order valence-corrected chi connectivity index (χ2v) is 17.1. The zero-order chi connectivity index (χ0) is 49.6. The number of carbonyl (C=O) groups excluding carboxylic acids is 1. The van der Waals surface area contributed by atoms with Gasteiger partial charge in [0.1, 0.15) is 52.7 Å². The second kappa shape index (κ2) is 17.3. The van der Waals surface area contributed by atoms with Crippen molar-refractivity contribution in [3.05, 3.63) is 177 Å². The summed E-state index contributed by atoms with van der Waals surface area (Å²) in [5.74, 6) is -70.5. The van der Waals surface area contributed by atoms with Crippen molar-refractivity contribution in [3.63, 3.8) is 0 Å². The van der Waals surface area contributed by atoms with Gasteiger partial charge in [-0.3, -0.25) is 4.79 Å². The van der Waals surface area contributed by atoms with Gasteiger partial charge in [-0.25, -0.2) is 87.8 Å². The normalized spacial score (nSPS) is 12.0. The molecule has 8 rings (SSSR count). The third-order valence-corrected chi connectivity index (χ3v) is 11.8. The first-order chi connectivity index (χ1) is 31.3. The fraction of sp³-hybridized carbons (Fsp3) is 0.0682. The molecule has 23 heteroatoms. The van der Waals surface area contributed by atoms with E-state index in [-0.39, 0.29) is 16.7 Å². The monoisotopic (exact) mass is 984 g/mol. The molecule has 0 amide bonds. The van der Waals surface area contributed by atoms with E-state index in [1.807, 2.05) is 6.07 Å². The number of rotatable bonds is 7. The van der Waals surface area contributed by atoms with Crippen molar-refractivity contribution in [1.82, 2.24) is 0 Å². The molecule has 0 bridgehead atoms. The highest BCUT2D eigenvalue weighted by atomic mass is 32.2. The van der Waals surface area contributed by atoms with Crippen LogP contribution in [0, 0.1) is 116 Å². The maximum absolute atomic E-state index is 15.4.